The van der Waals surface area contributed by atoms with Crippen LogP contribution in [0.15, 0.2) is 28.7 Å². The molecule has 0 spiro atoms. The maximum absolute atomic E-state index is 14.0. The van der Waals surface area contributed by atoms with Gasteiger partial charge in [-0.05, 0) is 41.4 Å². The summed E-state index contributed by atoms with van der Waals surface area (Å²) in [4.78, 5) is 2.21. The molecular formula is C13H11Br2FS. The Morgan fingerprint density at radius 3 is 2.59 bits per heavy atom. The van der Waals surface area contributed by atoms with Crippen LogP contribution in [-0.2, 0) is 0 Å². The molecule has 0 saturated heterocycles. The second-order valence-corrected chi connectivity index (χ2v) is 6.97. The predicted octanol–water partition coefficient (Wildman–Crippen LogP) is 5.75. The van der Waals surface area contributed by atoms with Gasteiger partial charge in [0.25, 0.3) is 0 Å². The van der Waals surface area contributed by atoms with Crippen molar-refractivity contribution in [1.29, 1.82) is 0 Å². The molecule has 17 heavy (non-hydrogen) atoms. The van der Waals surface area contributed by atoms with E-state index in [-0.39, 0.29) is 10.6 Å². The van der Waals surface area contributed by atoms with Crippen molar-refractivity contribution in [2.75, 3.05) is 0 Å². The van der Waals surface area contributed by atoms with Crippen molar-refractivity contribution in [3.8, 4) is 0 Å². The molecule has 0 N–H and O–H groups in total. The second-order valence-electron chi connectivity index (χ2n) is 3.91. The Balaban J connectivity index is 2.47. The number of halogens is 3. The van der Waals surface area contributed by atoms with Gasteiger partial charge in [-0.3, -0.25) is 0 Å². The van der Waals surface area contributed by atoms with Gasteiger partial charge in [0.15, 0.2) is 0 Å². The summed E-state index contributed by atoms with van der Waals surface area (Å²) >= 11 is 8.77. The van der Waals surface area contributed by atoms with Crippen LogP contribution >= 0.6 is 43.2 Å². The zero-order chi connectivity index (χ0) is 12.6. The maximum atomic E-state index is 14.0. The van der Waals surface area contributed by atoms with E-state index in [9.17, 15) is 4.39 Å². The molecule has 2 rings (SSSR count). The lowest BCUT2D eigenvalue weighted by Gasteiger charge is -2.11. The van der Waals surface area contributed by atoms with E-state index in [0.29, 0.717) is 11.1 Å². The largest absolute Gasteiger partial charge is 0.206 e. The van der Waals surface area contributed by atoms with E-state index in [1.54, 1.807) is 24.3 Å². The first-order valence-electron chi connectivity index (χ1n) is 5.15. The molecule has 1 unspecified atom stereocenters. The molecule has 4 heteroatoms. The van der Waals surface area contributed by atoms with Gasteiger partial charge in [0.2, 0.25) is 0 Å². The quantitative estimate of drug-likeness (QED) is 0.584. The average molecular weight is 378 g/mol. The van der Waals surface area contributed by atoms with E-state index < -0.39 is 0 Å². The molecular weight excluding hydrogens is 367 g/mol. The second kappa shape index (κ2) is 5.21. The Hall–Kier alpha value is -0.190. The van der Waals surface area contributed by atoms with Crippen molar-refractivity contribution in [2.24, 2.45) is 0 Å². The SMILES string of the molecule is Cc1cc(Br)c(C(Br)c2cccc(C)c2F)s1. The Morgan fingerprint density at radius 2 is 2.00 bits per heavy atom. The third-order valence-electron chi connectivity index (χ3n) is 2.56. The van der Waals surface area contributed by atoms with Crippen LogP contribution < -0.4 is 0 Å². The Bertz CT molecular complexity index is 548. The van der Waals surface area contributed by atoms with Crippen LogP contribution in [0.3, 0.4) is 0 Å². The Labute approximate surface area is 121 Å². The first-order chi connectivity index (χ1) is 8.00. The van der Waals surface area contributed by atoms with E-state index in [1.807, 2.05) is 19.1 Å². The van der Waals surface area contributed by atoms with Gasteiger partial charge in [0.05, 0.1) is 4.83 Å². The molecule has 0 aliphatic heterocycles. The molecule has 0 aliphatic carbocycles. The van der Waals surface area contributed by atoms with Crippen LogP contribution in [0.5, 0.6) is 0 Å². The highest BCUT2D eigenvalue weighted by Gasteiger charge is 2.20. The Morgan fingerprint density at radius 1 is 1.29 bits per heavy atom. The van der Waals surface area contributed by atoms with Crippen molar-refractivity contribution >= 4 is 43.2 Å². The van der Waals surface area contributed by atoms with E-state index in [1.165, 1.54) is 4.88 Å². The number of aryl methyl sites for hydroxylation is 2. The molecule has 2 aromatic rings. The lowest BCUT2D eigenvalue weighted by Crippen LogP contribution is -1.97. The Kier molecular flexibility index (Phi) is 4.06. The molecule has 0 nitrogen and oxygen atoms in total. The van der Waals surface area contributed by atoms with Crippen LogP contribution in [0.1, 0.15) is 25.7 Å². The molecule has 0 aliphatic rings. The number of hydrogen-bond donors (Lipinski definition) is 0. The van der Waals surface area contributed by atoms with Crippen LogP contribution in [-0.4, -0.2) is 0 Å². The van der Waals surface area contributed by atoms with Crippen molar-refractivity contribution in [1.82, 2.24) is 0 Å². The summed E-state index contributed by atoms with van der Waals surface area (Å²) in [6.45, 7) is 3.83. The summed E-state index contributed by atoms with van der Waals surface area (Å²) in [5.74, 6) is -0.132. The monoisotopic (exact) mass is 376 g/mol. The molecule has 1 heterocycles. The van der Waals surface area contributed by atoms with Crippen molar-refractivity contribution in [3.05, 3.63) is 55.4 Å². The van der Waals surface area contributed by atoms with E-state index in [4.69, 9.17) is 0 Å². The highest BCUT2D eigenvalue weighted by Crippen LogP contribution is 2.41. The molecule has 90 valence electrons. The smallest absolute Gasteiger partial charge is 0.130 e. The molecule has 0 amide bonds. The van der Waals surface area contributed by atoms with E-state index >= 15 is 0 Å². The topological polar surface area (TPSA) is 0 Å². The van der Waals surface area contributed by atoms with Crippen LogP contribution in [0.4, 0.5) is 4.39 Å². The maximum Gasteiger partial charge on any atom is 0.130 e. The van der Waals surface area contributed by atoms with Gasteiger partial charge in [-0.25, -0.2) is 4.39 Å². The fourth-order valence-electron chi connectivity index (χ4n) is 1.68. The van der Waals surface area contributed by atoms with Crippen LogP contribution in [0, 0.1) is 19.7 Å². The van der Waals surface area contributed by atoms with Crippen LogP contribution in [0.2, 0.25) is 0 Å². The summed E-state index contributed by atoms with van der Waals surface area (Å²) in [7, 11) is 0. The van der Waals surface area contributed by atoms with E-state index in [0.717, 1.165) is 9.35 Å². The minimum atomic E-state index is -0.132. The average Bonchev–Trinajstić information content (AvgIpc) is 2.61. The minimum absolute atomic E-state index is 0.101. The normalized spacial score (nSPS) is 12.8. The first kappa shape index (κ1) is 13.2. The van der Waals surface area contributed by atoms with Gasteiger partial charge in [-0.1, -0.05) is 34.1 Å². The summed E-state index contributed by atoms with van der Waals surface area (Å²) < 4.78 is 15.1. The summed E-state index contributed by atoms with van der Waals surface area (Å²) in [6, 6.07) is 7.55. The van der Waals surface area contributed by atoms with Gasteiger partial charge in [0, 0.05) is 19.8 Å². The molecule has 0 saturated carbocycles. The minimum Gasteiger partial charge on any atom is -0.206 e. The highest BCUT2D eigenvalue weighted by atomic mass is 79.9. The van der Waals surface area contributed by atoms with Gasteiger partial charge in [-0.15, -0.1) is 11.3 Å². The molecule has 0 radical (unpaired) electrons. The van der Waals surface area contributed by atoms with Gasteiger partial charge in [-0.2, -0.15) is 0 Å². The summed E-state index contributed by atoms with van der Waals surface area (Å²) in [5.41, 5.74) is 1.36. The summed E-state index contributed by atoms with van der Waals surface area (Å²) in [6.07, 6.45) is 0. The van der Waals surface area contributed by atoms with Crippen molar-refractivity contribution in [3.63, 3.8) is 0 Å². The third-order valence-corrected chi connectivity index (χ3v) is 5.85. The number of alkyl halides is 1. The van der Waals surface area contributed by atoms with Gasteiger partial charge >= 0.3 is 0 Å². The first-order valence-corrected chi connectivity index (χ1v) is 7.68. The third kappa shape index (κ3) is 2.64. The fraction of sp³-hybridized carbons (Fsp3) is 0.231. The zero-order valence-electron chi connectivity index (χ0n) is 9.43. The predicted molar refractivity (Wildman–Crippen MR) is 78.7 cm³/mol. The van der Waals surface area contributed by atoms with Gasteiger partial charge in [0.1, 0.15) is 5.82 Å². The molecule has 0 bridgehead atoms. The lowest BCUT2D eigenvalue weighted by molar-refractivity contribution is 0.605. The molecule has 0 fully saturated rings. The van der Waals surface area contributed by atoms with Gasteiger partial charge < -0.3 is 0 Å². The molecule has 1 aromatic heterocycles. The van der Waals surface area contributed by atoms with Crippen molar-refractivity contribution in [2.45, 2.75) is 18.7 Å². The highest BCUT2D eigenvalue weighted by molar-refractivity contribution is 9.11. The number of hydrogen-bond acceptors (Lipinski definition) is 1. The number of rotatable bonds is 2. The van der Waals surface area contributed by atoms with Crippen molar-refractivity contribution < 1.29 is 4.39 Å². The molecule has 1 atom stereocenters. The van der Waals surface area contributed by atoms with E-state index in [2.05, 4.69) is 37.9 Å². The standard InChI is InChI=1S/C13H11Br2FS/c1-7-4-3-5-9(12(7)16)11(15)13-10(14)6-8(2)17-13/h3-6,11H,1-2H3. The fourth-order valence-corrected chi connectivity index (χ4v) is 4.75. The van der Waals surface area contributed by atoms with Crippen LogP contribution in [0.25, 0.3) is 0 Å². The zero-order valence-corrected chi connectivity index (χ0v) is 13.4. The number of thiophene rings is 1. The summed E-state index contributed by atoms with van der Waals surface area (Å²) in [5, 5.41) is 0. The molecule has 1 aromatic carbocycles. The lowest BCUT2D eigenvalue weighted by atomic mass is 10.1. The number of benzene rings is 1.